The van der Waals surface area contributed by atoms with E-state index in [-0.39, 0.29) is 54.4 Å². The van der Waals surface area contributed by atoms with Crippen LogP contribution in [0.25, 0.3) is 0 Å². The number of anilines is 3. The summed E-state index contributed by atoms with van der Waals surface area (Å²) in [7, 11) is 0. The molecule has 0 saturated carbocycles. The lowest BCUT2D eigenvalue weighted by Crippen LogP contribution is -2.54. The summed E-state index contributed by atoms with van der Waals surface area (Å²) in [5.41, 5.74) is 9.34. The number of benzene rings is 2. The van der Waals surface area contributed by atoms with E-state index < -0.39 is 11.9 Å². The molecule has 0 radical (unpaired) electrons. The van der Waals surface area contributed by atoms with Gasteiger partial charge >= 0.3 is 0 Å². The van der Waals surface area contributed by atoms with Crippen molar-refractivity contribution >= 4 is 58.6 Å². The van der Waals surface area contributed by atoms with Gasteiger partial charge in [-0.1, -0.05) is 55.6 Å². The Balaban J connectivity index is 0.635. The van der Waals surface area contributed by atoms with E-state index in [4.69, 9.17) is 5.73 Å². The van der Waals surface area contributed by atoms with E-state index in [0.29, 0.717) is 30.5 Å². The van der Waals surface area contributed by atoms with E-state index in [1.54, 1.807) is 18.2 Å². The Morgan fingerprint density at radius 1 is 0.853 bits per heavy atom. The molecular formula is C50H62N12O5S. The molecule has 5 amide bonds. The van der Waals surface area contributed by atoms with Crippen LogP contribution in [0.3, 0.4) is 0 Å². The van der Waals surface area contributed by atoms with E-state index >= 15 is 0 Å². The van der Waals surface area contributed by atoms with Gasteiger partial charge in [-0.2, -0.15) is 0 Å². The molecule has 0 aliphatic carbocycles. The van der Waals surface area contributed by atoms with Crippen LogP contribution in [0.2, 0.25) is 0 Å². The summed E-state index contributed by atoms with van der Waals surface area (Å²) in [6.07, 6.45) is 15.4. The lowest BCUT2D eigenvalue weighted by Gasteiger charge is -2.41. The van der Waals surface area contributed by atoms with E-state index in [1.165, 1.54) is 48.8 Å². The van der Waals surface area contributed by atoms with Crippen LogP contribution in [-0.2, 0) is 27.5 Å². The second kappa shape index (κ2) is 21.1. The molecule has 4 saturated heterocycles. The van der Waals surface area contributed by atoms with Crippen LogP contribution < -0.4 is 31.5 Å². The molecule has 5 aliphatic heterocycles. The summed E-state index contributed by atoms with van der Waals surface area (Å²) in [4.78, 5) is 81.9. The van der Waals surface area contributed by atoms with Crippen molar-refractivity contribution in [3.8, 4) is 0 Å². The number of imide groups is 1. The highest BCUT2D eigenvalue weighted by atomic mass is 32.2. The molecule has 9 rings (SSSR count). The predicted molar refractivity (Wildman–Crippen MR) is 259 cm³/mol. The molecule has 18 heteroatoms. The average Bonchev–Trinajstić information content (AvgIpc) is 3.77. The number of hydrogen-bond donors (Lipinski definition) is 4. The SMILES string of the molecule is CC1(N)CCN(c2cnc(Sc3cccc(NC(=O)CCCCCCCCN4C5CCC4CN(c4ccc(C(=O)NCc6ccc7c(c6)CN(C6CCC(=O)NC6=O)C7=O)nn4)C5)c3)cn2)CC1. The lowest BCUT2D eigenvalue weighted by atomic mass is 9.91. The van der Waals surface area contributed by atoms with Gasteiger partial charge in [-0.05, 0) is 106 Å². The van der Waals surface area contributed by atoms with Gasteiger partial charge in [0.1, 0.15) is 16.9 Å². The highest BCUT2D eigenvalue weighted by Gasteiger charge is 2.41. The van der Waals surface area contributed by atoms with Crippen LogP contribution in [0.1, 0.15) is 122 Å². The first-order valence-electron chi connectivity index (χ1n) is 24.3. The smallest absolute Gasteiger partial charge is 0.272 e. The molecule has 2 bridgehead atoms. The van der Waals surface area contributed by atoms with Crippen molar-refractivity contribution in [3.05, 3.63) is 89.4 Å². The van der Waals surface area contributed by atoms with Crippen molar-refractivity contribution < 1.29 is 24.0 Å². The minimum Gasteiger partial charge on any atom is -0.355 e. The van der Waals surface area contributed by atoms with Crippen molar-refractivity contribution in [2.75, 3.05) is 47.8 Å². The third kappa shape index (κ3) is 11.5. The van der Waals surface area contributed by atoms with Crippen molar-refractivity contribution in [2.45, 2.75) is 137 Å². The maximum atomic E-state index is 13.1. The van der Waals surface area contributed by atoms with Gasteiger partial charge in [0, 0.05) is 85.9 Å². The zero-order valence-electron chi connectivity index (χ0n) is 38.8. The number of nitrogens with zero attached hydrogens (tertiary/aromatic N) is 8. The number of carbonyl (C=O) groups is 5. The van der Waals surface area contributed by atoms with Gasteiger partial charge in [-0.15, -0.1) is 10.2 Å². The molecule has 4 fully saturated rings. The van der Waals surface area contributed by atoms with Gasteiger partial charge in [-0.25, -0.2) is 9.97 Å². The number of nitrogens with two attached hydrogens (primary N) is 1. The molecule has 5 aliphatic rings. The standard InChI is InChI=1S/C50H62N12O5S/c1-50(51)20-23-59(24-21-50)43-28-53-46(29-52-43)68-38-10-8-9-35(26-38)55-44(63)11-6-4-2-3-5-7-22-61-36-13-14-37(61)32-60(31-36)42-18-16-40(57-58-42)47(65)54-27-33-12-15-39-34(25-33)30-62(49(39)67)41-17-19-45(64)56-48(41)66/h8-10,12,15-16,18,25-26,28-29,36-37,41H,2-7,11,13-14,17,19-24,27,30-32,51H2,1H3,(H,54,65)(H,55,63)(H,56,64,66). The highest BCUT2D eigenvalue weighted by molar-refractivity contribution is 7.99. The number of piperazine rings is 1. The van der Waals surface area contributed by atoms with Crippen LogP contribution in [0.15, 0.2) is 76.9 Å². The summed E-state index contributed by atoms with van der Waals surface area (Å²) in [6.45, 7) is 7.27. The van der Waals surface area contributed by atoms with Crippen molar-refractivity contribution in [1.82, 2.24) is 40.6 Å². The topological polar surface area (TPSA) is 212 Å². The van der Waals surface area contributed by atoms with Crippen LogP contribution >= 0.6 is 11.8 Å². The maximum absolute atomic E-state index is 13.1. The highest BCUT2D eigenvalue weighted by Crippen LogP contribution is 2.34. The molecule has 0 spiro atoms. The fourth-order valence-corrected chi connectivity index (χ4v) is 11.0. The Labute approximate surface area is 401 Å². The van der Waals surface area contributed by atoms with Crippen molar-refractivity contribution in [2.24, 2.45) is 5.73 Å². The number of carbonyl (C=O) groups excluding carboxylic acids is 5. The van der Waals surface area contributed by atoms with Gasteiger partial charge in [0.15, 0.2) is 11.5 Å². The number of rotatable bonds is 18. The number of hydrogen-bond acceptors (Lipinski definition) is 14. The molecular weight excluding hydrogens is 881 g/mol. The molecule has 3 unspecified atom stereocenters. The number of nitrogens with one attached hydrogen (secondary N) is 3. The third-order valence-corrected chi connectivity index (χ3v) is 15.0. The second-order valence-electron chi connectivity index (χ2n) is 19.3. The molecule has 5 N–H and O–H groups in total. The minimum absolute atomic E-state index is 0.0425. The minimum atomic E-state index is -0.673. The molecule has 7 heterocycles. The Morgan fingerprint density at radius 3 is 2.37 bits per heavy atom. The van der Waals surface area contributed by atoms with E-state index in [0.717, 1.165) is 103 Å². The molecule has 4 aromatic rings. The first-order valence-corrected chi connectivity index (χ1v) is 25.1. The summed E-state index contributed by atoms with van der Waals surface area (Å²) < 4.78 is 0. The zero-order valence-corrected chi connectivity index (χ0v) is 39.6. The maximum Gasteiger partial charge on any atom is 0.272 e. The molecule has 3 atom stereocenters. The number of unbranched alkanes of at least 4 members (excludes halogenated alkanes) is 5. The van der Waals surface area contributed by atoms with Gasteiger partial charge in [-0.3, -0.25) is 34.2 Å². The monoisotopic (exact) mass is 942 g/mol. The molecule has 2 aromatic carbocycles. The fourth-order valence-electron chi connectivity index (χ4n) is 10.2. The Hall–Kier alpha value is -5.98. The Kier molecular flexibility index (Phi) is 14.6. The van der Waals surface area contributed by atoms with Gasteiger partial charge in [0.05, 0.1) is 12.4 Å². The van der Waals surface area contributed by atoms with Crippen LogP contribution in [0.4, 0.5) is 17.3 Å². The van der Waals surface area contributed by atoms with Gasteiger partial charge < -0.3 is 31.1 Å². The first kappa shape index (κ1) is 47.1. The van der Waals surface area contributed by atoms with Crippen LogP contribution in [-0.4, -0.2) is 116 Å². The summed E-state index contributed by atoms with van der Waals surface area (Å²) in [6, 6.07) is 17.2. The Bertz CT molecular complexity index is 2470. The van der Waals surface area contributed by atoms with Gasteiger partial charge in [0.2, 0.25) is 17.7 Å². The summed E-state index contributed by atoms with van der Waals surface area (Å²) in [5, 5.41) is 17.9. The summed E-state index contributed by atoms with van der Waals surface area (Å²) >= 11 is 1.53. The normalized spacial score (nSPS) is 21.2. The van der Waals surface area contributed by atoms with Gasteiger partial charge in [0.25, 0.3) is 11.8 Å². The second-order valence-corrected chi connectivity index (χ2v) is 20.4. The largest absolute Gasteiger partial charge is 0.355 e. The van der Waals surface area contributed by atoms with Crippen LogP contribution in [0, 0.1) is 0 Å². The molecule has 17 nitrogen and oxygen atoms in total. The zero-order chi connectivity index (χ0) is 47.2. The number of amides is 5. The first-order chi connectivity index (χ1) is 32.9. The summed E-state index contributed by atoms with van der Waals surface area (Å²) in [5.74, 6) is 0.376. The molecule has 68 heavy (non-hydrogen) atoms. The molecule has 358 valence electrons. The van der Waals surface area contributed by atoms with Crippen LogP contribution in [0.5, 0.6) is 0 Å². The quantitative estimate of drug-likeness (QED) is 0.0723. The number of aromatic nitrogens is 4. The van der Waals surface area contributed by atoms with E-state index in [1.807, 2.05) is 48.8 Å². The molecule has 2 aromatic heterocycles. The predicted octanol–water partition coefficient (Wildman–Crippen LogP) is 5.45. The van der Waals surface area contributed by atoms with Crippen molar-refractivity contribution in [3.63, 3.8) is 0 Å². The number of fused-ring (bicyclic) bond motifs is 3. The van der Waals surface area contributed by atoms with E-state index in [2.05, 4.69) is 57.7 Å². The fraction of sp³-hybridized carbons (Fsp3) is 0.500. The average molecular weight is 943 g/mol. The van der Waals surface area contributed by atoms with Crippen molar-refractivity contribution in [1.29, 1.82) is 0 Å². The third-order valence-electron chi connectivity index (χ3n) is 14.1. The lowest BCUT2D eigenvalue weighted by molar-refractivity contribution is -0.137. The number of piperidine rings is 2. The van der Waals surface area contributed by atoms with E-state index in [9.17, 15) is 24.0 Å². The Morgan fingerprint density at radius 2 is 1.63 bits per heavy atom.